The highest BCUT2D eigenvalue weighted by Gasteiger charge is 2.08. The van der Waals surface area contributed by atoms with Crippen molar-refractivity contribution in [2.24, 2.45) is 10.1 Å². The van der Waals surface area contributed by atoms with E-state index in [1.807, 2.05) is 54.9 Å². The first-order chi connectivity index (χ1) is 11.7. The molecule has 2 aromatic heterocycles. The number of nitrogens with zero attached hydrogens (tertiary/aromatic N) is 4. The summed E-state index contributed by atoms with van der Waals surface area (Å²) in [5.41, 5.74) is 3.99. The molecule has 1 aromatic carbocycles. The summed E-state index contributed by atoms with van der Waals surface area (Å²) < 4.78 is 1.90. The lowest BCUT2D eigenvalue weighted by atomic mass is 10.2. The van der Waals surface area contributed by atoms with Crippen LogP contribution in [-0.4, -0.2) is 21.9 Å². The molecule has 0 radical (unpaired) electrons. The molecule has 24 heavy (non-hydrogen) atoms. The number of halogens is 1. The molecule has 0 aliphatic rings. The number of pyridine rings is 1. The lowest BCUT2D eigenvalue weighted by Gasteiger charge is -2.06. The summed E-state index contributed by atoms with van der Waals surface area (Å²) in [6.45, 7) is 4.72. The van der Waals surface area contributed by atoms with Crippen LogP contribution >= 0.6 is 22.9 Å². The van der Waals surface area contributed by atoms with Gasteiger partial charge in [-0.1, -0.05) is 23.7 Å². The van der Waals surface area contributed by atoms with Gasteiger partial charge in [0, 0.05) is 40.5 Å². The molecule has 0 bridgehead atoms. The highest BCUT2D eigenvalue weighted by Crippen LogP contribution is 2.22. The zero-order valence-corrected chi connectivity index (χ0v) is 15.1. The number of thiazole rings is 1. The Morgan fingerprint density at radius 2 is 1.88 bits per heavy atom. The third kappa shape index (κ3) is 3.63. The zero-order valence-electron chi connectivity index (χ0n) is 13.5. The van der Waals surface area contributed by atoms with Gasteiger partial charge in [0.05, 0.1) is 11.4 Å². The quantitative estimate of drug-likeness (QED) is 0.636. The first-order valence-electron chi connectivity index (χ1n) is 7.62. The molecule has 0 aliphatic carbocycles. The molecule has 6 heteroatoms. The van der Waals surface area contributed by atoms with Crippen LogP contribution in [-0.2, 0) is 0 Å². The Bertz CT molecular complexity index is 908. The van der Waals surface area contributed by atoms with Crippen molar-refractivity contribution in [3.8, 4) is 11.3 Å². The maximum Gasteiger partial charge on any atom is 0.206 e. The monoisotopic (exact) mass is 356 g/mol. The van der Waals surface area contributed by atoms with Gasteiger partial charge in [0.1, 0.15) is 0 Å². The molecule has 0 atom stereocenters. The van der Waals surface area contributed by atoms with Crippen molar-refractivity contribution >= 4 is 28.6 Å². The summed E-state index contributed by atoms with van der Waals surface area (Å²) >= 11 is 7.58. The van der Waals surface area contributed by atoms with Crippen LogP contribution in [0, 0.1) is 0 Å². The summed E-state index contributed by atoms with van der Waals surface area (Å²) in [4.78, 5) is 9.48. The molecule has 0 unspecified atom stereocenters. The van der Waals surface area contributed by atoms with Gasteiger partial charge >= 0.3 is 0 Å². The van der Waals surface area contributed by atoms with Gasteiger partial charge in [0.15, 0.2) is 0 Å². The lowest BCUT2D eigenvalue weighted by Crippen LogP contribution is -2.14. The maximum atomic E-state index is 6.00. The van der Waals surface area contributed by atoms with Crippen LogP contribution in [0.3, 0.4) is 0 Å². The van der Waals surface area contributed by atoms with E-state index in [1.165, 1.54) is 0 Å². The number of hydrogen-bond acceptors (Lipinski definition) is 4. The van der Waals surface area contributed by atoms with Crippen LogP contribution in [0.1, 0.15) is 19.4 Å². The second kappa shape index (κ2) is 7.55. The van der Waals surface area contributed by atoms with Crippen molar-refractivity contribution in [2.75, 3.05) is 6.54 Å². The van der Waals surface area contributed by atoms with Gasteiger partial charge in [-0.15, -0.1) is 11.3 Å². The smallest absolute Gasteiger partial charge is 0.206 e. The molecule has 0 spiro atoms. The van der Waals surface area contributed by atoms with E-state index in [0.29, 0.717) is 6.54 Å². The fourth-order valence-electron chi connectivity index (χ4n) is 2.26. The Hall–Kier alpha value is -2.24. The Morgan fingerprint density at radius 1 is 1.17 bits per heavy atom. The molecular weight excluding hydrogens is 340 g/mol. The molecule has 0 N–H and O–H groups in total. The maximum absolute atomic E-state index is 6.00. The molecule has 4 nitrogen and oxygen atoms in total. The van der Waals surface area contributed by atoms with Gasteiger partial charge in [-0.25, -0.2) is 4.68 Å². The van der Waals surface area contributed by atoms with E-state index in [0.717, 1.165) is 32.4 Å². The summed E-state index contributed by atoms with van der Waals surface area (Å²) in [5, 5.41) is 7.58. The summed E-state index contributed by atoms with van der Waals surface area (Å²) in [7, 11) is 0. The molecule has 0 aliphatic heterocycles. The van der Waals surface area contributed by atoms with E-state index >= 15 is 0 Å². The van der Waals surface area contributed by atoms with Gasteiger partial charge < -0.3 is 0 Å². The first kappa shape index (κ1) is 16.6. The zero-order chi connectivity index (χ0) is 16.9. The minimum absolute atomic E-state index is 0.713. The highest BCUT2D eigenvalue weighted by atomic mass is 35.5. The normalized spacial score (nSPS) is 12.6. The van der Waals surface area contributed by atoms with E-state index < -0.39 is 0 Å². The molecule has 0 amide bonds. The van der Waals surface area contributed by atoms with Crippen LogP contribution in [0.4, 0.5) is 0 Å². The molecule has 122 valence electrons. The van der Waals surface area contributed by atoms with E-state index in [9.17, 15) is 0 Å². The summed E-state index contributed by atoms with van der Waals surface area (Å²) in [6, 6.07) is 11.7. The van der Waals surface area contributed by atoms with Crippen LogP contribution in [0.25, 0.3) is 11.3 Å². The van der Waals surface area contributed by atoms with Crippen molar-refractivity contribution in [2.45, 2.75) is 13.8 Å². The Kier molecular flexibility index (Phi) is 5.23. The number of benzene rings is 1. The fourth-order valence-corrected chi connectivity index (χ4v) is 3.28. The fraction of sp³-hybridized carbons (Fsp3) is 0.167. The van der Waals surface area contributed by atoms with E-state index in [2.05, 4.69) is 15.4 Å². The summed E-state index contributed by atoms with van der Waals surface area (Å²) in [5.74, 6) is 0. The number of aromatic nitrogens is 2. The number of rotatable bonds is 4. The van der Waals surface area contributed by atoms with Gasteiger partial charge in [-0.3, -0.25) is 9.98 Å². The topological polar surface area (TPSA) is 42.5 Å². The Balaban J connectivity index is 2.13. The van der Waals surface area contributed by atoms with E-state index in [4.69, 9.17) is 16.7 Å². The molecule has 0 saturated carbocycles. The van der Waals surface area contributed by atoms with Crippen molar-refractivity contribution in [1.29, 1.82) is 0 Å². The van der Waals surface area contributed by atoms with Gasteiger partial charge in [0.25, 0.3) is 0 Å². The predicted molar refractivity (Wildman–Crippen MR) is 101 cm³/mol. The van der Waals surface area contributed by atoms with Crippen molar-refractivity contribution in [3.05, 3.63) is 69.6 Å². The lowest BCUT2D eigenvalue weighted by molar-refractivity contribution is 0.827. The van der Waals surface area contributed by atoms with E-state index in [1.54, 1.807) is 23.7 Å². The molecule has 0 fully saturated rings. The Morgan fingerprint density at radius 3 is 2.54 bits per heavy atom. The summed E-state index contributed by atoms with van der Waals surface area (Å²) in [6.07, 6.45) is 3.54. The van der Waals surface area contributed by atoms with Gasteiger partial charge in [-0.05, 0) is 38.1 Å². The standard InChI is InChI=1S/C18H17ClN4S/c1-3-21-18-23(22-13(2)14-8-10-20-11-9-14)17(12-24-18)15-4-6-16(19)7-5-15/h4-12H,3H2,1-2H3. The molecular formula is C18H17ClN4S. The minimum Gasteiger partial charge on any atom is -0.265 e. The van der Waals surface area contributed by atoms with Crippen LogP contribution in [0.15, 0.2) is 64.3 Å². The molecule has 3 aromatic rings. The molecule has 3 rings (SSSR count). The third-order valence-electron chi connectivity index (χ3n) is 3.47. The van der Waals surface area contributed by atoms with Crippen molar-refractivity contribution in [3.63, 3.8) is 0 Å². The second-order valence-electron chi connectivity index (χ2n) is 5.12. The minimum atomic E-state index is 0.713. The van der Waals surface area contributed by atoms with Crippen molar-refractivity contribution in [1.82, 2.24) is 9.66 Å². The average Bonchev–Trinajstić information content (AvgIpc) is 2.99. The van der Waals surface area contributed by atoms with Gasteiger partial charge in [0.2, 0.25) is 4.80 Å². The van der Waals surface area contributed by atoms with Crippen LogP contribution in [0.5, 0.6) is 0 Å². The molecule has 2 heterocycles. The van der Waals surface area contributed by atoms with Gasteiger partial charge in [-0.2, -0.15) is 5.10 Å². The van der Waals surface area contributed by atoms with Crippen LogP contribution in [0.2, 0.25) is 5.02 Å². The second-order valence-corrected chi connectivity index (χ2v) is 6.39. The van der Waals surface area contributed by atoms with E-state index in [-0.39, 0.29) is 0 Å². The third-order valence-corrected chi connectivity index (χ3v) is 4.57. The SMILES string of the molecule is CCN=c1scc(-c2ccc(Cl)cc2)n1N=C(C)c1ccncc1. The largest absolute Gasteiger partial charge is 0.265 e. The highest BCUT2D eigenvalue weighted by molar-refractivity contribution is 7.07. The predicted octanol–water partition coefficient (Wildman–Crippen LogP) is 4.46. The van der Waals surface area contributed by atoms with Crippen molar-refractivity contribution < 1.29 is 0 Å². The number of hydrogen-bond donors (Lipinski definition) is 0. The molecule has 0 saturated heterocycles. The first-order valence-corrected chi connectivity index (χ1v) is 8.87. The Labute approximate surface area is 149 Å². The average molecular weight is 357 g/mol. The van der Waals surface area contributed by atoms with Crippen LogP contribution < -0.4 is 4.80 Å².